The second-order valence-corrected chi connectivity index (χ2v) is 4.26. The fraction of sp³-hybridized carbons (Fsp3) is 0.273. The number of nitrogen functional groups attached to an aromatic ring is 1. The van der Waals surface area contributed by atoms with E-state index in [2.05, 4.69) is 15.4 Å². The molecule has 2 amide bonds. The third kappa shape index (κ3) is 1.69. The van der Waals surface area contributed by atoms with Crippen molar-refractivity contribution in [2.75, 3.05) is 5.73 Å². The number of fused-ring (bicyclic) bond motifs is 1. The van der Waals surface area contributed by atoms with E-state index in [0.717, 1.165) is 0 Å². The summed E-state index contributed by atoms with van der Waals surface area (Å²) in [5, 5.41) is 6.59. The van der Waals surface area contributed by atoms with Gasteiger partial charge in [-0.3, -0.25) is 14.9 Å². The van der Waals surface area contributed by atoms with Gasteiger partial charge < -0.3 is 5.73 Å². The molecule has 0 bridgehead atoms. The molecule has 1 saturated heterocycles. The molecule has 0 aliphatic carbocycles. The van der Waals surface area contributed by atoms with Crippen molar-refractivity contribution in [2.24, 2.45) is 0 Å². The first-order valence-electron chi connectivity index (χ1n) is 5.58. The maximum Gasteiger partial charge on any atom is 0.235 e. The molecule has 0 saturated carbocycles. The number of rotatable bonds is 1. The Labute approximate surface area is 102 Å². The highest BCUT2D eigenvalue weighted by Crippen LogP contribution is 2.24. The summed E-state index contributed by atoms with van der Waals surface area (Å²) in [5.74, 6) is -0.935. The number of amides is 2. The summed E-state index contributed by atoms with van der Waals surface area (Å²) in [4.78, 5) is 26.9. The fourth-order valence-electron chi connectivity index (χ4n) is 2.06. The maximum absolute atomic E-state index is 11.7. The van der Waals surface area contributed by atoms with Gasteiger partial charge in [-0.1, -0.05) is 0 Å². The van der Waals surface area contributed by atoms with Crippen LogP contribution in [0.4, 0.5) is 5.69 Å². The van der Waals surface area contributed by atoms with Crippen molar-refractivity contribution >= 4 is 23.1 Å². The van der Waals surface area contributed by atoms with Crippen molar-refractivity contribution in [2.45, 2.75) is 18.8 Å². The van der Waals surface area contributed by atoms with E-state index < -0.39 is 5.92 Å². The summed E-state index contributed by atoms with van der Waals surface area (Å²) in [6, 6.07) is 1.74. The standard InChI is InChI=1S/C11H11N5O2/c12-6-4-13-9-3-8(15-16(9)5-6)7-1-2-10(17)14-11(7)18/h3-5,7H,1-2,12H2,(H,14,17,18). The van der Waals surface area contributed by atoms with Gasteiger partial charge in [-0.25, -0.2) is 9.50 Å². The van der Waals surface area contributed by atoms with E-state index in [1.165, 1.54) is 10.7 Å². The molecule has 1 atom stereocenters. The summed E-state index contributed by atoms with van der Waals surface area (Å²) in [6.45, 7) is 0. The van der Waals surface area contributed by atoms with Gasteiger partial charge in [0.15, 0.2) is 5.65 Å². The highest BCUT2D eigenvalue weighted by molar-refractivity contribution is 6.00. The predicted octanol–water partition coefficient (Wildman–Crippen LogP) is -0.168. The summed E-state index contributed by atoms with van der Waals surface area (Å²) in [6.07, 6.45) is 3.98. The van der Waals surface area contributed by atoms with Crippen LogP contribution in [0, 0.1) is 0 Å². The molecule has 1 fully saturated rings. The average Bonchev–Trinajstić information content (AvgIpc) is 2.71. The SMILES string of the molecule is Nc1cnc2cc(C3CCC(=O)NC3=O)nn2c1. The van der Waals surface area contributed by atoms with Crippen LogP contribution in [0.3, 0.4) is 0 Å². The zero-order valence-corrected chi connectivity index (χ0v) is 9.46. The summed E-state index contributed by atoms with van der Waals surface area (Å²) < 4.78 is 1.54. The Bertz CT molecular complexity index is 648. The Hall–Kier alpha value is -2.44. The Balaban J connectivity index is 1.99. The zero-order chi connectivity index (χ0) is 12.7. The van der Waals surface area contributed by atoms with Gasteiger partial charge in [-0.2, -0.15) is 5.10 Å². The molecule has 7 nitrogen and oxygen atoms in total. The Morgan fingerprint density at radius 2 is 2.28 bits per heavy atom. The number of hydrogen-bond acceptors (Lipinski definition) is 5. The molecule has 7 heteroatoms. The number of nitrogens with zero attached hydrogens (tertiary/aromatic N) is 3. The van der Waals surface area contributed by atoms with Crippen LogP contribution in [0.5, 0.6) is 0 Å². The largest absolute Gasteiger partial charge is 0.396 e. The molecule has 18 heavy (non-hydrogen) atoms. The normalized spacial score (nSPS) is 20.1. The molecule has 0 spiro atoms. The quantitative estimate of drug-likeness (QED) is 0.679. The summed E-state index contributed by atoms with van der Waals surface area (Å²) >= 11 is 0. The average molecular weight is 245 g/mol. The number of nitrogens with one attached hydrogen (secondary N) is 1. The third-order valence-electron chi connectivity index (χ3n) is 2.95. The minimum absolute atomic E-state index is 0.234. The van der Waals surface area contributed by atoms with Crippen LogP contribution in [0.1, 0.15) is 24.5 Å². The van der Waals surface area contributed by atoms with Gasteiger partial charge in [-0.05, 0) is 6.42 Å². The minimum Gasteiger partial charge on any atom is -0.396 e. The van der Waals surface area contributed by atoms with Crippen LogP contribution < -0.4 is 11.1 Å². The van der Waals surface area contributed by atoms with Gasteiger partial charge in [-0.15, -0.1) is 0 Å². The van der Waals surface area contributed by atoms with Gasteiger partial charge in [0.1, 0.15) is 0 Å². The van der Waals surface area contributed by atoms with Gasteiger partial charge >= 0.3 is 0 Å². The first kappa shape index (κ1) is 10.7. The van der Waals surface area contributed by atoms with Crippen LogP contribution in [-0.2, 0) is 9.59 Å². The lowest BCUT2D eigenvalue weighted by Gasteiger charge is -2.18. The highest BCUT2D eigenvalue weighted by Gasteiger charge is 2.30. The van der Waals surface area contributed by atoms with Crippen molar-refractivity contribution in [3.05, 3.63) is 24.2 Å². The molecule has 3 rings (SSSR count). The number of nitrogens with two attached hydrogens (primary N) is 1. The van der Waals surface area contributed by atoms with Gasteiger partial charge in [0.25, 0.3) is 0 Å². The Morgan fingerprint density at radius 3 is 3.06 bits per heavy atom. The van der Waals surface area contributed by atoms with Gasteiger partial charge in [0.05, 0.1) is 29.7 Å². The third-order valence-corrected chi connectivity index (χ3v) is 2.95. The van der Waals surface area contributed by atoms with E-state index >= 15 is 0 Å². The lowest BCUT2D eigenvalue weighted by molar-refractivity contribution is -0.134. The topological polar surface area (TPSA) is 102 Å². The Morgan fingerprint density at radius 1 is 1.44 bits per heavy atom. The molecule has 1 unspecified atom stereocenters. The predicted molar refractivity (Wildman–Crippen MR) is 62.5 cm³/mol. The minimum atomic E-state index is -0.398. The number of carbonyl (C=O) groups is 2. The highest BCUT2D eigenvalue weighted by atomic mass is 16.2. The first-order chi connectivity index (χ1) is 8.63. The zero-order valence-electron chi connectivity index (χ0n) is 9.46. The first-order valence-corrected chi connectivity index (χ1v) is 5.58. The van der Waals surface area contributed by atoms with Crippen LogP contribution in [-0.4, -0.2) is 26.4 Å². The van der Waals surface area contributed by atoms with E-state index in [-0.39, 0.29) is 11.8 Å². The number of anilines is 1. The number of imide groups is 1. The lowest BCUT2D eigenvalue weighted by atomic mass is 9.95. The number of hydrogen-bond donors (Lipinski definition) is 2. The van der Waals surface area contributed by atoms with Gasteiger partial charge in [0.2, 0.25) is 11.8 Å². The molecular formula is C11H11N5O2. The second kappa shape index (κ2) is 3.80. The molecule has 3 heterocycles. The van der Waals surface area contributed by atoms with Crippen molar-refractivity contribution in [3.8, 4) is 0 Å². The Kier molecular flexibility index (Phi) is 2.26. The summed E-state index contributed by atoms with van der Waals surface area (Å²) in [5.41, 5.74) is 7.35. The smallest absolute Gasteiger partial charge is 0.235 e. The maximum atomic E-state index is 11.7. The van der Waals surface area contributed by atoms with Crippen molar-refractivity contribution < 1.29 is 9.59 Å². The van der Waals surface area contributed by atoms with Crippen molar-refractivity contribution in [3.63, 3.8) is 0 Å². The van der Waals surface area contributed by atoms with Crippen LogP contribution in [0.2, 0.25) is 0 Å². The molecule has 3 N–H and O–H groups in total. The molecule has 2 aromatic heterocycles. The number of aromatic nitrogens is 3. The van der Waals surface area contributed by atoms with E-state index in [1.807, 2.05) is 0 Å². The molecular weight excluding hydrogens is 234 g/mol. The van der Waals surface area contributed by atoms with E-state index in [0.29, 0.717) is 29.9 Å². The van der Waals surface area contributed by atoms with E-state index in [9.17, 15) is 9.59 Å². The number of piperidine rings is 1. The van der Waals surface area contributed by atoms with E-state index in [1.54, 1.807) is 12.3 Å². The molecule has 0 radical (unpaired) electrons. The van der Waals surface area contributed by atoms with Crippen LogP contribution >= 0.6 is 0 Å². The molecule has 92 valence electrons. The number of carbonyl (C=O) groups excluding carboxylic acids is 2. The van der Waals surface area contributed by atoms with Crippen LogP contribution in [0.25, 0.3) is 5.65 Å². The molecule has 1 aliphatic heterocycles. The molecule has 1 aliphatic rings. The second-order valence-electron chi connectivity index (χ2n) is 4.26. The van der Waals surface area contributed by atoms with Crippen LogP contribution in [0.15, 0.2) is 18.5 Å². The van der Waals surface area contributed by atoms with Gasteiger partial charge in [0, 0.05) is 12.5 Å². The lowest BCUT2D eigenvalue weighted by Crippen LogP contribution is -2.39. The molecule has 2 aromatic rings. The van der Waals surface area contributed by atoms with Crippen molar-refractivity contribution in [1.82, 2.24) is 19.9 Å². The van der Waals surface area contributed by atoms with Crippen molar-refractivity contribution in [1.29, 1.82) is 0 Å². The fourth-order valence-corrected chi connectivity index (χ4v) is 2.06. The monoisotopic (exact) mass is 245 g/mol. The van der Waals surface area contributed by atoms with E-state index in [4.69, 9.17) is 5.73 Å². The summed E-state index contributed by atoms with van der Waals surface area (Å²) in [7, 11) is 0. The molecule has 0 aromatic carbocycles.